The van der Waals surface area contributed by atoms with E-state index in [1.54, 1.807) is 0 Å². The average Bonchev–Trinajstić information content (AvgIpc) is 2.77. The molecule has 166 valence electrons. The fourth-order valence-corrected chi connectivity index (χ4v) is 4.78. The fraction of sp³-hybridized carbons (Fsp3) is 0.722. The van der Waals surface area contributed by atoms with Crippen LogP contribution in [0.2, 0.25) is 0 Å². The van der Waals surface area contributed by atoms with E-state index in [4.69, 9.17) is 4.74 Å². The molecule has 3 rings (SSSR count). The van der Waals surface area contributed by atoms with Gasteiger partial charge in [0.25, 0.3) is 5.92 Å². The molecule has 2 atom stereocenters. The van der Waals surface area contributed by atoms with E-state index in [1.165, 1.54) is 24.3 Å². The lowest BCUT2D eigenvalue weighted by atomic mass is 9.89. The van der Waals surface area contributed by atoms with Gasteiger partial charge in [-0.25, -0.2) is 26.5 Å². The maximum Gasteiger partial charge on any atom is 0.254 e. The molecule has 1 saturated heterocycles. The molecule has 1 aromatic rings. The Morgan fingerprint density at radius 1 is 1.33 bits per heavy atom. The van der Waals surface area contributed by atoms with Gasteiger partial charge in [0.05, 0.1) is 18.9 Å². The highest BCUT2D eigenvalue weighted by Gasteiger charge is 2.62. The van der Waals surface area contributed by atoms with Crippen LogP contribution in [-0.2, 0) is 10.0 Å². The second kappa shape index (κ2) is 7.55. The molecule has 12 heteroatoms. The van der Waals surface area contributed by atoms with Gasteiger partial charge in [-0.3, -0.25) is 0 Å². The van der Waals surface area contributed by atoms with Gasteiger partial charge in [-0.05, 0) is 26.7 Å². The zero-order valence-electron chi connectivity index (χ0n) is 17.0. The largest absolute Gasteiger partial charge is 0.467 e. The topological polar surface area (TPSA) is 128 Å². The molecule has 0 radical (unpaired) electrons. The van der Waals surface area contributed by atoms with Crippen LogP contribution in [0.3, 0.4) is 0 Å². The van der Waals surface area contributed by atoms with Crippen molar-refractivity contribution in [1.82, 2.24) is 14.3 Å². The smallest absolute Gasteiger partial charge is 0.254 e. The molecule has 1 saturated carbocycles. The number of aliphatic hydroxyl groups is 1. The number of rotatable bonds is 5. The molecule has 2 aliphatic rings. The number of hydrogen-bond donors (Lipinski definition) is 2. The van der Waals surface area contributed by atoms with Crippen molar-refractivity contribution in [2.75, 3.05) is 24.7 Å². The Balaban J connectivity index is 1.76. The average molecular weight is 445 g/mol. The number of sulfonamides is 1. The van der Waals surface area contributed by atoms with E-state index >= 15 is 0 Å². The molecule has 1 aliphatic heterocycles. The Kier molecular flexibility index (Phi) is 5.68. The van der Waals surface area contributed by atoms with E-state index < -0.39 is 40.0 Å². The Labute approximate surface area is 174 Å². The summed E-state index contributed by atoms with van der Waals surface area (Å²) in [5, 5.41) is 22.9. The minimum atomic E-state index is -3.25. The SMILES string of the molecule is CC1(O)CC(F)(F)CC1(C)Oc1nc(NC2CCN(S(C)(=O)=O)CC2)ncc1C#N. The minimum absolute atomic E-state index is 0.0420. The molecule has 0 amide bonds. The Morgan fingerprint density at radius 3 is 2.47 bits per heavy atom. The number of piperidine rings is 1. The van der Waals surface area contributed by atoms with Crippen LogP contribution in [0.25, 0.3) is 0 Å². The van der Waals surface area contributed by atoms with Crippen LogP contribution in [0, 0.1) is 11.3 Å². The lowest BCUT2D eigenvalue weighted by Crippen LogP contribution is -2.50. The van der Waals surface area contributed by atoms with Gasteiger partial charge in [0.15, 0.2) is 0 Å². The standard InChI is InChI=1S/C18H25F2N5O4S/c1-16(26)10-18(19,20)11-17(16,2)29-14-12(8-21)9-22-15(24-14)23-13-4-6-25(7-5-13)30(3,27)28/h9,13,26H,4-7,10-11H2,1-3H3,(H,22,23,24). The third-order valence-electron chi connectivity index (χ3n) is 5.79. The fourth-order valence-electron chi connectivity index (χ4n) is 3.90. The summed E-state index contributed by atoms with van der Waals surface area (Å²) in [6.07, 6.45) is 1.98. The van der Waals surface area contributed by atoms with Gasteiger partial charge in [0.2, 0.25) is 21.9 Å². The Morgan fingerprint density at radius 2 is 1.97 bits per heavy atom. The summed E-state index contributed by atoms with van der Waals surface area (Å²) in [7, 11) is -3.25. The van der Waals surface area contributed by atoms with E-state index in [0.29, 0.717) is 25.9 Å². The van der Waals surface area contributed by atoms with E-state index in [9.17, 15) is 27.6 Å². The summed E-state index contributed by atoms with van der Waals surface area (Å²) >= 11 is 0. The third kappa shape index (κ3) is 4.63. The third-order valence-corrected chi connectivity index (χ3v) is 7.09. The van der Waals surface area contributed by atoms with Crippen molar-refractivity contribution in [1.29, 1.82) is 5.26 Å². The van der Waals surface area contributed by atoms with Crippen LogP contribution in [0.1, 0.15) is 45.1 Å². The molecule has 9 nitrogen and oxygen atoms in total. The lowest BCUT2D eigenvalue weighted by Gasteiger charge is -2.36. The maximum atomic E-state index is 13.9. The first-order valence-corrected chi connectivity index (χ1v) is 11.4. The van der Waals surface area contributed by atoms with E-state index in [2.05, 4.69) is 15.3 Å². The first kappa shape index (κ1) is 22.6. The summed E-state index contributed by atoms with van der Waals surface area (Å²) in [4.78, 5) is 8.24. The molecular weight excluding hydrogens is 420 g/mol. The highest BCUT2D eigenvalue weighted by atomic mass is 32.2. The predicted octanol–water partition coefficient (Wildman–Crippen LogP) is 1.50. The van der Waals surface area contributed by atoms with Gasteiger partial charge in [0.1, 0.15) is 22.8 Å². The Bertz CT molecular complexity index is 958. The number of aromatic nitrogens is 2. The number of nitriles is 1. The van der Waals surface area contributed by atoms with Crippen molar-refractivity contribution in [3.8, 4) is 11.9 Å². The van der Waals surface area contributed by atoms with Gasteiger partial charge in [-0.2, -0.15) is 10.2 Å². The molecule has 2 heterocycles. The van der Waals surface area contributed by atoms with Crippen LogP contribution in [0.4, 0.5) is 14.7 Å². The first-order valence-electron chi connectivity index (χ1n) is 9.53. The molecule has 0 aromatic carbocycles. The highest BCUT2D eigenvalue weighted by molar-refractivity contribution is 7.88. The number of nitrogens with zero attached hydrogens (tertiary/aromatic N) is 4. The second-order valence-electron chi connectivity index (χ2n) is 8.42. The summed E-state index contributed by atoms with van der Waals surface area (Å²) < 4.78 is 58.2. The van der Waals surface area contributed by atoms with E-state index in [0.717, 1.165) is 6.26 Å². The van der Waals surface area contributed by atoms with Crippen molar-refractivity contribution in [2.45, 2.75) is 62.7 Å². The molecule has 2 unspecified atom stereocenters. The van der Waals surface area contributed by atoms with Crippen molar-refractivity contribution in [3.63, 3.8) is 0 Å². The summed E-state index contributed by atoms with van der Waals surface area (Å²) in [5.41, 5.74) is -3.51. The molecular formula is C18H25F2N5O4S. The van der Waals surface area contributed by atoms with Crippen LogP contribution in [0.15, 0.2) is 6.20 Å². The lowest BCUT2D eigenvalue weighted by molar-refractivity contribution is -0.0928. The first-order chi connectivity index (χ1) is 13.7. The molecule has 30 heavy (non-hydrogen) atoms. The summed E-state index contributed by atoms with van der Waals surface area (Å²) in [6, 6.07) is 1.77. The summed E-state index contributed by atoms with van der Waals surface area (Å²) in [5.74, 6) is -3.16. The molecule has 1 aromatic heterocycles. The number of nitrogens with one attached hydrogen (secondary N) is 1. The quantitative estimate of drug-likeness (QED) is 0.698. The van der Waals surface area contributed by atoms with E-state index in [-0.39, 0.29) is 23.4 Å². The van der Waals surface area contributed by atoms with Gasteiger partial charge >= 0.3 is 0 Å². The number of ether oxygens (including phenoxy) is 1. The molecule has 0 spiro atoms. The van der Waals surface area contributed by atoms with Crippen LogP contribution in [0.5, 0.6) is 5.88 Å². The minimum Gasteiger partial charge on any atom is -0.467 e. The van der Waals surface area contributed by atoms with Crippen molar-refractivity contribution in [3.05, 3.63) is 11.8 Å². The number of anilines is 1. The highest BCUT2D eigenvalue weighted by Crippen LogP contribution is 2.50. The molecule has 2 fully saturated rings. The number of halogens is 2. The monoisotopic (exact) mass is 445 g/mol. The van der Waals surface area contributed by atoms with Gasteiger partial charge in [-0.1, -0.05) is 0 Å². The Hall–Kier alpha value is -2.10. The molecule has 0 bridgehead atoms. The number of alkyl halides is 2. The van der Waals surface area contributed by atoms with Crippen LogP contribution < -0.4 is 10.1 Å². The van der Waals surface area contributed by atoms with Crippen LogP contribution >= 0.6 is 0 Å². The summed E-state index contributed by atoms with van der Waals surface area (Å²) in [6.45, 7) is 3.35. The zero-order chi connectivity index (χ0) is 22.4. The number of hydrogen-bond acceptors (Lipinski definition) is 8. The normalized spacial score (nSPS) is 30.0. The van der Waals surface area contributed by atoms with E-state index in [1.807, 2.05) is 6.07 Å². The van der Waals surface area contributed by atoms with Crippen LogP contribution in [-0.4, -0.2) is 70.3 Å². The second-order valence-corrected chi connectivity index (χ2v) is 10.4. The van der Waals surface area contributed by atoms with Crippen molar-refractivity contribution in [2.24, 2.45) is 0 Å². The van der Waals surface area contributed by atoms with Gasteiger partial charge in [-0.15, -0.1) is 0 Å². The van der Waals surface area contributed by atoms with Gasteiger partial charge in [0, 0.05) is 25.6 Å². The zero-order valence-corrected chi connectivity index (χ0v) is 17.8. The van der Waals surface area contributed by atoms with Crippen molar-refractivity contribution >= 4 is 16.0 Å². The van der Waals surface area contributed by atoms with Gasteiger partial charge < -0.3 is 15.2 Å². The predicted molar refractivity (Wildman–Crippen MR) is 104 cm³/mol. The maximum absolute atomic E-state index is 13.9. The molecule has 1 aliphatic carbocycles. The molecule has 2 N–H and O–H groups in total. The van der Waals surface area contributed by atoms with Crippen molar-refractivity contribution < 1.29 is 27.0 Å².